The summed E-state index contributed by atoms with van der Waals surface area (Å²) in [5.74, 6) is -0.0296. The normalized spacial score (nSPS) is 19.4. The van der Waals surface area contributed by atoms with Gasteiger partial charge in [-0.25, -0.2) is 0 Å². The second-order valence-corrected chi connectivity index (χ2v) is 9.74. The first-order valence-corrected chi connectivity index (χ1v) is 12.0. The van der Waals surface area contributed by atoms with Crippen LogP contribution in [-0.4, -0.2) is 56.2 Å². The summed E-state index contributed by atoms with van der Waals surface area (Å²) in [6.45, 7) is 10.0. The minimum atomic E-state index is -0.398. The van der Waals surface area contributed by atoms with Gasteiger partial charge in [0, 0.05) is 61.2 Å². The Morgan fingerprint density at radius 2 is 1.71 bits per heavy atom. The SMILES string of the molecule is CC(C)N1CCN(c2ccc(C(=O)NC3(c4cccc(Br)c4)CCOCC3)cc2)CC1. The zero-order valence-electron chi connectivity index (χ0n) is 18.4. The van der Waals surface area contributed by atoms with Crippen LogP contribution in [0.2, 0.25) is 0 Å². The van der Waals surface area contributed by atoms with Gasteiger partial charge in [0.05, 0.1) is 5.54 Å². The first-order chi connectivity index (χ1) is 15.0. The fourth-order valence-electron chi connectivity index (χ4n) is 4.60. The highest BCUT2D eigenvalue weighted by molar-refractivity contribution is 9.10. The van der Waals surface area contributed by atoms with Gasteiger partial charge in [-0.2, -0.15) is 0 Å². The van der Waals surface area contributed by atoms with E-state index >= 15 is 0 Å². The number of hydrogen-bond acceptors (Lipinski definition) is 4. The molecule has 0 spiro atoms. The lowest BCUT2D eigenvalue weighted by atomic mass is 9.82. The number of benzene rings is 2. The molecule has 0 aliphatic carbocycles. The summed E-state index contributed by atoms with van der Waals surface area (Å²) in [5.41, 5.74) is 2.61. The molecule has 0 atom stereocenters. The Labute approximate surface area is 193 Å². The van der Waals surface area contributed by atoms with E-state index in [1.54, 1.807) is 0 Å². The van der Waals surface area contributed by atoms with Crippen molar-refractivity contribution in [1.82, 2.24) is 10.2 Å². The van der Waals surface area contributed by atoms with Gasteiger partial charge in [0.2, 0.25) is 0 Å². The number of carbonyl (C=O) groups is 1. The maximum Gasteiger partial charge on any atom is 0.251 e. The zero-order valence-corrected chi connectivity index (χ0v) is 20.0. The van der Waals surface area contributed by atoms with Crippen LogP contribution in [-0.2, 0) is 10.3 Å². The topological polar surface area (TPSA) is 44.8 Å². The van der Waals surface area contributed by atoms with E-state index in [1.165, 1.54) is 5.69 Å². The molecule has 2 saturated heterocycles. The van der Waals surface area contributed by atoms with Gasteiger partial charge in [-0.05, 0) is 68.7 Å². The molecule has 2 aromatic rings. The van der Waals surface area contributed by atoms with Crippen LogP contribution in [0.5, 0.6) is 0 Å². The van der Waals surface area contributed by atoms with E-state index in [-0.39, 0.29) is 5.91 Å². The van der Waals surface area contributed by atoms with Gasteiger partial charge in [0.1, 0.15) is 0 Å². The first kappa shape index (κ1) is 22.3. The second-order valence-electron chi connectivity index (χ2n) is 8.82. The van der Waals surface area contributed by atoms with Gasteiger partial charge in [0.25, 0.3) is 5.91 Å². The van der Waals surface area contributed by atoms with E-state index in [1.807, 2.05) is 24.3 Å². The molecule has 31 heavy (non-hydrogen) atoms. The van der Waals surface area contributed by atoms with Crippen LogP contribution in [0.3, 0.4) is 0 Å². The van der Waals surface area contributed by atoms with Crippen LogP contribution in [0.4, 0.5) is 5.69 Å². The Morgan fingerprint density at radius 3 is 2.32 bits per heavy atom. The van der Waals surface area contributed by atoms with Crippen molar-refractivity contribution in [2.45, 2.75) is 38.3 Å². The van der Waals surface area contributed by atoms with Gasteiger partial charge in [0.15, 0.2) is 0 Å². The van der Waals surface area contributed by atoms with Crippen molar-refractivity contribution in [2.24, 2.45) is 0 Å². The quantitative estimate of drug-likeness (QED) is 0.680. The van der Waals surface area contributed by atoms with E-state index in [0.29, 0.717) is 24.8 Å². The van der Waals surface area contributed by atoms with Crippen molar-refractivity contribution in [3.8, 4) is 0 Å². The summed E-state index contributed by atoms with van der Waals surface area (Å²) in [5, 5.41) is 3.35. The third-order valence-corrected chi connectivity index (χ3v) is 7.11. The van der Waals surface area contributed by atoms with Gasteiger partial charge in [-0.3, -0.25) is 9.69 Å². The summed E-state index contributed by atoms with van der Waals surface area (Å²) < 4.78 is 6.62. The largest absolute Gasteiger partial charge is 0.381 e. The average molecular weight is 486 g/mol. The van der Waals surface area contributed by atoms with E-state index in [9.17, 15) is 4.79 Å². The first-order valence-electron chi connectivity index (χ1n) is 11.2. The van der Waals surface area contributed by atoms with Crippen molar-refractivity contribution in [3.05, 3.63) is 64.1 Å². The van der Waals surface area contributed by atoms with Crippen LogP contribution >= 0.6 is 15.9 Å². The summed E-state index contributed by atoms with van der Waals surface area (Å²) in [7, 11) is 0. The van der Waals surface area contributed by atoms with E-state index in [0.717, 1.165) is 49.1 Å². The lowest BCUT2D eigenvalue weighted by molar-refractivity contribution is 0.0345. The fourth-order valence-corrected chi connectivity index (χ4v) is 5.00. The number of anilines is 1. The smallest absolute Gasteiger partial charge is 0.251 e. The fraction of sp³-hybridized carbons (Fsp3) is 0.480. The standard InChI is InChI=1S/C25H32BrN3O2/c1-19(2)28-12-14-29(15-13-28)23-8-6-20(7-9-23)24(30)27-25(10-16-31-17-11-25)21-4-3-5-22(26)18-21/h3-9,18-19H,10-17H2,1-2H3,(H,27,30). The van der Waals surface area contributed by atoms with Crippen molar-refractivity contribution < 1.29 is 9.53 Å². The minimum Gasteiger partial charge on any atom is -0.381 e. The molecule has 1 N–H and O–H groups in total. The van der Waals surface area contributed by atoms with E-state index in [2.05, 4.69) is 69.2 Å². The van der Waals surface area contributed by atoms with Crippen LogP contribution in [0.25, 0.3) is 0 Å². The van der Waals surface area contributed by atoms with Crippen molar-refractivity contribution in [2.75, 3.05) is 44.3 Å². The second kappa shape index (κ2) is 9.72. The molecule has 6 heteroatoms. The van der Waals surface area contributed by atoms with Crippen LogP contribution in [0.15, 0.2) is 53.0 Å². The van der Waals surface area contributed by atoms with Crippen molar-refractivity contribution >= 4 is 27.5 Å². The number of nitrogens with zero attached hydrogens (tertiary/aromatic N) is 2. The van der Waals surface area contributed by atoms with Gasteiger partial charge in [-0.15, -0.1) is 0 Å². The third kappa shape index (κ3) is 5.13. The summed E-state index contributed by atoms with van der Waals surface area (Å²) >= 11 is 3.57. The Balaban J connectivity index is 1.46. The number of piperazine rings is 1. The number of amides is 1. The maximum absolute atomic E-state index is 13.2. The van der Waals surface area contributed by atoms with Crippen LogP contribution in [0.1, 0.15) is 42.6 Å². The molecule has 2 aliphatic heterocycles. The van der Waals surface area contributed by atoms with Crippen LogP contribution < -0.4 is 10.2 Å². The molecule has 2 fully saturated rings. The summed E-state index contributed by atoms with van der Waals surface area (Å²) in [6, 6.07) is 16.9. The van der Waals surface area contributed by atoms with Crippen molar-refractivity contribution in [3.63, 3.8) is 0 Å². The van der Waals surface area contributed by atoms with Crippen molar-refractivity contribution in [1.29, 1.82) is 0 Å². The zero-order chi connectivity index (χ0) is 21.8. The Morgan fingerprint density at radius 1 is 1.03 bits per heavy atom. The molecule has 4 rings (SSSR count). The lowest BCUT2D eigenvalue weighted by Gasteiger charge is -2.39. The van der Waals surface area contributed by atoms with Gasteiger partial charge < -0.3 is 15.0 Å². The molecule has 2 heterocycles. The summed E-state index contributed by atoms with van der Waals surface area (Å²) in [4.78, 5) is 18.1. The average Bonchev–Trinajstić information content (AvgIpc) is 2.80. The molecule has 5 nitrogen and oxygen atoms in total. The van der Waals surface area contributed by atoms with E-state index in [4.69, 9.17) is 4.74 Å². The number of hydrogen-bond donors (Lipinski definition) is 1. The van der Waals surface area contributed by atoms with E-state index < -0.39 is 5.54 Å². The molecular formula is C25H32BrN3O2. The van der Waals surface area contributed by atoms with Gasteiger partial charge in [-0.1, -0.05) is 28.1 Å². The maximum atomic E-state index is 13.2. The molecule has 0 radical (unpaired) electrons. The third-order valence-electron chi connectivity index (χ3n) is 6.62. The predicted molar refractivity (Wildman–Crippen MR) is 129 cm³/mol. The molecular weight excluding hydrogens is 454 g/mol. The molecule has 2 aliphatic rings. The molecule has 166 valence electrons. The summed E-state index contributed by atoms with van der Waals surface area (Å²) in [6.07, 6.45) is 1.54. The highest BCUT2D eigenvalue weighted by Crippen LogP contribution is 2.34. The number of nitrogens with one attached hydrogen (secondary N) is 1. The van der Waals surface area contributed by atoms with Gasteiger partial charge >= 0.3 is 0 Å². The highest BCUT2D eigenvalue weighted by Gasteiger charge is 2.36. The minimum absolute atomic E-state index is 0.0296. The number of halogens is 1. The molecule has 1 amide bonds. The molecule has 2 aromatic carbocycles. The molecule has 0 bridgehead atoms. The van der Waals surface area contributed by atoms with Crippen LogP contribution in [0, 0.1) is 0 Å². The number of rotatable bonds is 5. The predicted octanol–water partition coefficient (Wildman–Crippen LogP) is 4.42. The monoisotopic (exact) mass is 485 g/mol. The number of ether oxygens (including phenoxy) is 1. The highest BCUT2D eigenvalue weighted by atomic mass is 79.9. The Bertz CT molecular complexity index is 886. The lowest BCUT2D eigenvalue weighted by Crippen LogP contribution is -2.49. The molecule has 0 saturated carbocycles. The Kier molecular flexibility index (Phi) is 6.99. The molecule has 0 aromatic heterocycles. The number of carbonyl (C=O) groups excluding carboxylic acids is 1. The molecule has 0 unspecified atom stereocenters. The Hall–Kier alpha value is -1.89.